The van der Waals surface area contributed by atoms with Gasteiger partial charge >= 0.3 is 0 Å². The molecule has 0 radical (unpaired) electrons. The Balaban J connectivity index is 1.56. The molecule has 0 atom stereocenters. The van der Waals surface area contributed by atoms with Crippen LogP contribution in [0.5, 0.6) is 17.2 Å². The van der Waals surface area contributed by atoms with E-state index in [0.717, 1.165) is 5.56 Å². The standard InChI is InChI=1S/C18H13ClN2O5/c1-23-14-5-3-11(19)7-12(14)20-18(22)13-8-16(26-21-13)10-2-4-15-17(6-10)25-9-24-15/h2-8H,9H2,1H3,(H,20,22). The number of fused-ring (bicyclic) bond motifs is 1. The summed E-state index contributed by atoms with van der Waals surface area (Å²) < 4.78 is 21.1. The highest BCUT2D eigenvalue weighted by Gasteiger charge is 2.19. The first kappa shape index (κ1) is 16.3. The highest BCUT2D eigenvalue weighted by molar-refractivity contribution is 6.31. The third kappa shape index (κ3) is 3.04. The zero-order chi connectivity index (χ0) is 18.1. The van der Waals surface area contributed by atoms with Crippen molar-refractivity contribution in [3.63, 3.8) is 0 Å². The molecule has 0 saturated heterocycles. The minimum absolute atomic E-state index is 0.125. The van der Waals surface area contributed by atoms with Crippen molar-refractivity contribution >= 4 is 23.2 Å². The molecular formula is C18H13ClN2O5. The molecule has 0 bridgehead atoms. The molecule has 0 saturated carbocycles. The molecule has 1 amide bonds. The summed E-state index contributed by atoms with van der Waals surface area (Å²) in [5, 5.41) is 7.01. The van der Waals surface area contributed by atoms with Crippen molar-refractivity contribution < 1.29 is 23.5 Å². The highest BCUT2D eigenvalue weighted by atomic mass is 35.5. The van der Waals surface area contributed by atoms with Crippen molar-refractivity contribution in [2.45, 2.75) is 0 Å². The van der Waals surface area contributed by atoms with Crippen molar-refractivity contribution in [3.8, 4) is 28.6 Å². The van der Waals surface area contributed by atoms with E-state index in [1.165, 1.54) is 7.11 Å². The van der Waals surface area contributed by atoms with E-state index in [1.807, 2.05) is 0 Å². The van der Waals surface area contributed by atoms with Crippen molar-refractivity contribution in [1.82, 2.24) is 5.16 Å². The van der Waals surface area contributed by atoms with Crippen LogP contribution in [0, 0.1) is 0 Å². The molecule has 7 nitrogen and oxygen atoms in total. The summed E-state index contributed by atoms with van der Waals surface area (Å²) in [6.45, 7) is 0.185. The second kappa shape index (κ2) is 6.61. The molecule has 1 aromatic heterocycles. The number of nitrogens with one attached hydrogen (secondary N) is 1. The lowest BCUT2D eigenvalue weighted by Crippen LogP contribution is -2.12. The number of aromatic nitrogens is 1. The maximum absolute atomic E-state index is 12.4. The molecule has 0 aliphatic carbocycles. The fourth-order valence-electron chi connectivity index (χ4n) is 2.53. The molecule has 1 aliphatic rings. The van der Waals surface area contributed by atoms with Gasteiger partial charge in [0.2, 0.25) is 6.79 Å². The predicted molar refractivity (Wildman–Crippen MR) is 94.0 cm³/mol. The predicted octanol–water partition coefficient (Wildman–Crippen LogP) is 3.98. The number of hydrogen-bond acceptors (Lipinski definition) is 6. The number of halogens is 1. The van der Waals surface area contributed by atoms with Crippen LogP contribution in [0.15, 0.2) is 47.0 Å². The molecule has 1 aliphatic heterocycles. The third-order valence-electron chi connectivity index (χ3n) is 3.81. The van der Waals surface area contributed by atoms with Crippen LogP contribution in [0.1, 0.15) is 10.5 Å². The van der Waals surface area contributed by atoms with E-state index in [4.69, 9.17) is 30.3 Å². The van der Waals surface area contributed by atoms with Crippen LogP contribution >= 0.6 is 11.6 Å². The Kier molecular flexibility index (Phi) is 4.14. The third-order valence-corrected chi connectivity index (χ3v) is 4.04. The van der Waals surface area contributed by atoms with E-state index in [0.29, 0.717) is 33.7 Å². The Bertz CT molecular complexity index is 985. The second-order valence-corrected chi connectivity index (χ2v) is 5.88. The fourth-order valence-corrected chi connectivity index (χ4v) is 2.70. The average molecular weight is 373 g/mol. The Morgan fingerprint density at radius 3 is 2.85 bits per heavy atom. The van der Waals surface area contributed by atoms with E-state index in [9.17, 15) is 4.79 Å². The molecular weight excluding hydrogens is 360 g/mol. The van der Waals surface area contributed by atoms with Crippen LogP contribution < -0.4 is 19.5 Å². The SMILES string of the molecule is COc1ccc(Cl)cc1NC(=O)c1cc(-c2ccc3c(c2)OCO3)on1. The van der Waals surface area contributed by atoms with E-state index in [-0.39, 0.29) is 12.5 Å². The molecule has 2 heterocycles. The number of amides is 1. The van der Waals surface area contributed by atoms with Crippen molar-refractivity contribution in [2.75, 3.05) is 19.2 Å². The van der Waals surface area contributed by atoms with Gasteiger partial charge in [0.05, 0.1) is 12.8 Å². The maximum atomic E-state index is 12.4. The minimum Gasteiger partial charge on any atom is -0.495 e. The van der Waals surface area contributed by atoms with Gasteiger partial charge in [-0.3, -0.25) is 4.79 Å². The zero-order valence-corrected chi connectivity index (χ0v) is 14.4. The summed E-state index contributed by atoms with van der Waals surface area (Å²) in [4.78, 5) is 12.4. The molecule has 3 aromatic rings. The summed E-state index contributed by atoms with van der Waals surface area (Å²) in [6.07, 6.45) is 0. The first-order valence-corrected chi connectivity index (χ1v) is 8.03. The number of carbonyl (C=O) groups excluding carboxylic acids is 1. The Morgan fingerprint density at radius 2 is 2.00 bits per heavy atom. The van der Waals surface area contributed by atoms with Gasteiger partial charge in [-0.1, -0.05) is 16.8 Å². The van der Waals surface area contributed by atoms with Gasteiger partial charge in [-0.15, -0.1) is 0 Å². The molecule has 132 valence electrons. The van der Waals surface area contributed by atoms with E-state index >= 15 is 0 Å². The normalized spacial score (nSPS) is 12.1. The van der Waals surface area contributed by atoms with Gasteiger partial charge in [0.25, 0.3) is 5.91 Å². The Morgan fingerprint density at radius 1 is 1.15 bits per heavy atom. The van der Waals surface area contributed by atoms with Gasteiger partial charge in [0, 0.05) is 16.7 Å². The minimum atomic E-state index is -0.443. The summed E-state index contributed by atoms with van der Waals surface area (Å²) in [6, 6.07) is 11.8. The second-order valence-electron chi connectivity index (χ2n) is 5.44. The number of nitrogens with zero attached hydrogens (tertiary/aromatic N) is 1. The number of ether oxygens (including phenoxy) is 3. The Hall–Kier alpha value is -3.19. The van der Waals surface area contributed by atoms with Gasteiger partial charge in [0.15, 0.2) is 23.0 Å². The van der Waals surface area contributed by atoms with Gasteiger partial charge < -0.3 is 24.1 Å². The number of rotatable bonds is 4. The number of carbonyl (C=O) groups is 1. The molecule has 26 heavy (non-hydrogen) atoms. The van der Waals surface area contributed by atoms with Crippen LogP contribution in [0.3, 0.4) is 0 Å². The van der Waals surface area contributed by atoms with Crippen molar-refractivity contribution in [2.24, 2.45) is 0 Å². The quantitative estimate of drug-likeness (QED) is 0.745. The maximum Gasteiger partial charge on any atom is 0.277 e. The van der Waals surface area contributed by atoms with Gasteiger partial charge in [-0.05, 0) is 36.4 Å². The summed E-state index contributed by atoms with van der Waals surface area (Å²) >= 11 is 5.97. The molecule has 0 spiro atoms. The number of methoxy groups -OCH3 is 1. The van der Waals surface area contributed by atoms with E-state index < -0.39 is 5.91 Å². The molecule has 2 aromatic carbocycles. The van der Waals surface area contributed by atoms with E-state index in [2.05, 4.69) is 10.5 Å². The summed E-state index contributed by atoms with van der Waals surface area (Å²) in [5.41, 5.74) is 1.29. The average Bonchev–Trinajstić information content (AvgIpc) is 3.30. The molecule has 1 N–H and O–H groups in total. The lowest BCUT2D eigenvalue weighted by molar-refractivity contribution is 0.101. The number of hydrogen-bond donors (Lipinski definition) is 1. The Labute approximate surface area is 153 Å². The summed E-state index contributed by atoms with van der Waals surface area (Å²) in [5.74, 6) is 1.77. The zero-order valence-electron chi connectivity index (χ0n) is 13.6. The molecule has 8 heteroatoms. The van der Waals surface area contributed by atoms with Crippen molar-refractivity contribution in [1.29, 1.82) is 0 Å². The topological polar surface area (TPSA) is 82.8 Å². The number of anilines is 1. The molecule has 4 rings (SSSR count). The monoisotopic (exact) mass is 372 g/mol. The van der Waals surface area contributed by atoms with Crippen LogP contribution in [0.25, 0.3) is 11.3 Å². The van der Waals surface area contributed by atoms with E-state index in [1.54, 1.807) is 42.5 Å². The summed E-state index contributed by atoms with van der Waals surface area (Å²) in [7, 11) is 1.51. The van der Waals surface area contributed by atoms with Crippen LogP contribution in [-0.2, 0) is 0 Å². The smallest absolute Gasteiger partial charge is 0.277 e. The molecule has 0 fully saturated rings. The van der Waals surface area contributed by atoms with Crippen LogP contribution in [-0.4, -0.2) is 25.0 Å². The fraction of sp³-hybridized carbons (Fsp3) is 0.111. The van der Waals surface area contributed by atoms with Gasteiger partial charge in [0.1, 0.15) is 5.75 Å². The van der Waals surface area contributed by atoms with Crippen molar-refractivity contribution in [3.05, 3.63) is 53.2 Å². The first-order chi connectivity index (χ1) is 12.6. The lowest BCUT2D eigenvalue weighted by atomic mass is 10.1. The highest BCUT2D eigenvalue weighted by Crippen LogP contribution is 2.36. The lowest BCUT2D eigenvalue weighted by Gasteiger charge is -2.09. The van der Waals surface area contributed by atoms with Crippen LogP contribution in [0.2, 0.25) is 5.02 Å². The first-order valence-electron chi connectivity index (χ1n) is 7.65. The number of benzene rings is 2. The van der Waals surface area contributed by atoms with Crippen LogP contribution in [0.4, 0.5) is 5.69 Å². The van der Waals surface area contributed by atoms with Gasteiger partial charge in [-0.2, -0.15) is 0 Å². The largest absolute Gasteiger partial charge is 0.495 e. The molecule has 0 unspecified atom stereocenters. The van der Waals surface area contributed by atoms with Gasteiger partial charge in [-0.25, -0.2) is 0 Å².